The first-order valence-corrected chi connectivity index (χ1v) is 7.98. The van der Waals surface area contributed by atoms with E-state index >= 15 is 0 Å². The summed E-state index contributed by atoms with van der Waals surface area (Å²) in [5, 5.41) is 12.1. The molecule has 1 aromatic carbocycles. The van der Waals surface area contributed by atoms with Gasteiger partial charge >= 0.3 is 0 Å². The number of nitriles is 1. The van der Waals surface area contributed by atoms with Crippen LogP contribution in [0.3, 0.4) is 0 Å². The Hall–Kier alpha value is -2.16. The minimum absolute atomic E-state index is 0.0149. The van der Waals surface area contributed by atoms with E-state index in [1.807, 2.05) is 0 Å². The Labute approximate surface area is 134 Å². The third-order valence-corrected chi connectivity index (χ3v) is 4.68. The molecular weight excluding hydrogens is 300 g/mol. The van der Waals surface area contributed by atoms with Crippen LogP contribution in [0, 0.1) is 23.0 Å². The number of fused-ring (bicyclic) bond motifs is 1. The van der Waals surface area contributed by atoms with Gasteiger partial charge in [0.25, 0.3) is 0 Å². The number of carbonyl (C=O) groups excluding carboxylic acids is 1. The molecule has 1 aliphatic carbocycles. The van der Waals surface area contributed by atoms with Crippen LogP contribution in [0.5, 0.6) is 0 Å². The third kappa shape index (κ3) is 3.14. The zero-order chi connectivity index (χ0) is 16.4. The normalized spacial score (nSPS) is 19.1. The van der Waals surface area contributed by atoms with E-state index < -0.39 is 17.2 Å². The molecule has 0 radical (unpaired) electrons. The molecule has 0 saturated heterocycles. The van der Waals surface area contributed by atoms with Gasteiger partial charge in [-0.2, -0.15) is 5.26 Å². The summed E-state index contributed by atoms with van der Waals surface area (Å²) in [6, 6.07) is 4.39. The molecule has 1 heterocycles. The maximum atomic E-state index is 14.1. The van der Waals surface area contributed by atoms with Crippen molar-refractivity contribution in [3.8, 4) is 6.07 Å². The number of nitrogens with one attached hydrogen (secondary N) is 1. The van der Waals surface area contributed by atoms with Crippen molar-refractivity contribution in [2.24, 2.45) is 0 Å². The second-order valence-electron chi connectivity index (χ2n) is 6.37. The monoisotopic (exact) mass is 319 g/mol. The maximum absolute atomic E-state index is 14.1. The molecule has 23 heavy (non-hydrogen) atoms. The molecule has 1 aromatic rings. The highest BCUT2D eigenvalue weighted by molar-refractivity contribution is 5.83. The minimum Gasteiger partial charge on any atom is -0.360 e. The topological polar surface area (TPSA) is 56.1 Å². The van der Waals surface area contributed by atoms with Gasteiger partial charge in [-0.1, -0.05) is 0 Å². The lowest BCUT2D eigenvalue weighted by Gasteiger charge is -2.32. The van der Waals surface area contributed by atoms with Gasteiger partial charge in [-0.3, -0.25) is 4.79 Å². The van der Waals surface area contributed by atoms with E-state index in [9.17, 15) is 18.8 Å². The van der Waals surface area contributed by atoms with Crippen LogP contribution in [0.15, 0.2) is 12.1 Å². The first kappa shape index (κ1) is 15.7. The van der Waals surface area contributed by atoms with Crippen molar-refractivity contribution in [1.29, 1.82) is 5.26 Å². The van der Waals surface area contributed by atoms with Crippen molar-refractivity contribution in [1.82, 2.24) is 5.32 Å². The van der Waals surface area contributed by atoms with Gasteiger partial charge in [0.2, 0.25) is 5.91 Å². The number of nitrogens with zero attached hydrogens (tertiary/aromatic N) is 2. The Bertz CT molecular complexity index is 663. The molecule has 0 aromatic heterocycles. The Morgan fingerprint density at radius 2 is 2.04 bits per heavy atom. The number of rotatable bonds is 3. The van der Waals surface area contributed by atoms with E-state index in [1.54, 1.807) is 4.90 Å². The molecule has 3 rings (SSSR count). The van der Waals surface area contributed by atoms with Crippen molar-refractivity contribution in [3.63, 3.8) is 0 Å². The number of amides is 1. The maximum Gasteiger partial charge on any atom is 0.240 e. The number of anilines is 1. The average molecular weight is 319 g/mol. The molecule has 1 N–H and O–H groups in total. The first-order chi connectivity index (χ1) is 11.0. The van der Waals surface area contributed by atoms with E-state index in [4.69, 9.17) is 0 Å². The van der Waals surface area contributed by atoms with Crippen LogP contribution in [-0.4, -0.2) is 24.5 Å². The van der Waals surface area contributed by atoms with Crippen LogP contribution in [0.4, 0.5) is 14.5 Å². The van der Waals surface area contributed by atoms with Crippen LogP contribution in [-0.2, 0) is 11.2 Å². The van der Waals surface area contributed by atoms with E-state index in [-0.39, 0.29) is 12.5 Å². The molecule has 6 heteroatoms. The lowest BCUT2D eigenvalue weighted by molar-refractivity contribution is -0.121. The van der Waals surface area contributed by atoms with Crippen molar-refractivity contribution in [2.45, 2.75) is 44.1 Å². The van der Waals surface area contributed by atoms with Gasteiger partial charge in [-0.25, -0.2) is 8.78 Å². The minimum atomic E-state index is -0.781. The number of halogens is 2. The number of carbonyl (C=O) groups is 1. The summed E-state index contributed by atoms with van der Waals surface area (Å²) in [6.07, 6.45) is 4.51. The van der Waals surface area contributed by atoms with Crippen molar-refractivity contribution in [3.05, 3.63) is 29.3 Å². The van der Waals surface area contributed by atoms with Gasteiger partial charge in [0.15, 0.2) is 0 Å². The summed E-state index contributed by atoms with van der Waals surface area (Å²) >= 11 is 0. The second kappa shape index (κ2) is 6.15. The van der Waals surface area contributed by atoms with Gasteiger partial charge in [-0.05, 0) is 50.2 Å². The predicted molar refractivity (Wildman–Crippen MR) is 81.8 cm³/mol. The Kier molecular flexibility index (Phi) is 4.20. The fourth-order valence-corrected chi connectivity index (χ4v) is 3.62. The molecule has 1 aliphatic heterocycles. The zero-order valence-corrected chi connectivity index (χ0v) is 12.9. The fourth-order valence-electron chi connectivity index (χ4n) is 3.62. The molecule has 0 atom stereocenters. The van der Waals surface area contributed by atoms with Crippen LogP contribution in [0.1, 0.15) is 37.7 Å². The first-order valence-electron chi connectivity index (χ1n) is 7.98. The summed E-state index contributed by atoms with van der Waals surface area (Å²) in [5.41, 5.74) is 0.125. The predicted octanol–water partition coefficient (Wildman–Crippen LogP) is 2.67. The number of benzene rings is 1. The molecule has 0 spiro atoms. The van der Waals surface area contributed by atoms with Crippen molar-refractivity contribution in [2.75, 3.05) is 18.0 Å². The molecule has 1 saturated carbocycles. The molecule has 1 fully saturated rings. The highest BCUT2D eigenvalue weighted by Gasteiger charge is 2.36. The lowest BCUT2D eigenvalue weighted by Crippen LogP contribution is -2.49. The molecule has 1 amide bonds. The number of aryl methyl sites for hydroxylation is 1. The summed E-state index contributed by atoms with van der Waals surface area (Å²) in [5.74, 6) is -1.52. The average Bonchev–Trinajstić information content (AvgIpc) is 2.95. The second-order valence-corrected chi connectivity index (χ2v) is 6.37. The van der Waals surface area contributed by atoms with Crippen LogP contribution in [0.25, 0.3) is 0 Å². The standard InChI is InChI=1S/C17H19F2N3O/c18-13-8-12-4-3-7-22(16(12)14(19)9-13)10-15(23)21-17(11-20)5-1-2-6-17/h8-9H,1-7,10H2,(H,21,23). The Balaban J connectivity index is 1.75. The smallest absolute Gasteiger partial charge is 0.240 e. The van der Waals surface area contributed by atoms with Gasteiger partial charge in [-0.15, -0.1) is 0 Å². The fraction of sp³-hybridized carbons (Fsp3) is 0.529. The molecule has 0 unspecified atom stereocenters. The summed E-state index contributed by atoms with van der Waals surface area (Å²) in [7, 11) is 0. The van der Waals surface area contributed by atoms with E-state index in [1.165, 1.54) is 6.07 Å². The Morgan fingerprint density at radius 3 is 2.74 bits per heavy atom. The van der Waals surface area contributed by atoms with E-state index in [0.29, 0.717) is 37.1 Å². The van der Waals surface area contributed by atoms with Crippen molar-refractivity contribution < 1.29 is 13.6 Å². The van der Waals surface area contributed by atoms with Gasteiger partial charge in [0, 0.05) is 12.6 Å². The lowest BCUT2D eigenvalue weighted by atomic mass is 9.99. The highest BCUT2D eigenvalue weighted by Crippen LogP contribution is 2.32. The SMILES string of the molecule is N#CC1(NC(=O)CN2CCCc3cc(F)cc(F)c32)CCCC1. The number of hydrogen-bond acceptors (Lipinski definition) is 3. The van der Waals surface area contributed by atoms with Crippen LogP contribution >= 0.6 is 0 Å². The zero-order valence-electron chi connectivity index (χ0n) is 12.9. The quantitative estimate of drug-likeness (QED) is 0.932. The summed E-state index contributed by atoms with van der Waals surface area (Å²) in [6.45, 7) is 0.529. The van der Waals surface area contributed by atoms with E-state index in [0.717, 1.165) is 25.3 Å². The largest absolute Gasteiger partial charge is 0.360 e. The van der Waals surface area contributed by atoms with Crippen LogP contribution in [0.2, 0.25) is 0 Å². The van der Waals surface area contributed by atoms with Gasteiger partial charge in [0.1, 0.15) is 17.2 Å². The van der Waals surface area contributed by atoms with Crippen LogP contribution < -0.4 is 10.2 Å². The van der Waals surface area contributed by atoms with Gasteiger partial charge < -0.3 is 10.2 Å². The molecule has 2 aliphatic rings. The highest BCUT2D eigenvalue weighted by atomic mass is 19.1. The molecule has 0 bridgehead atoms. The summed E-state index contributed by atoms with van der Waals surface area (Å²) in [4.78, 5) is 14.0. The molecular formula is C17H19F2N3O. The van der Waals surface area contributed by atoms with E-state index in [2.05, 4.69) is 11.4 Å². The van der Waals surface area contributed by atoms with Crippen molar-refractivity contribution >= 4 is 11.6 Å². The third-order valence-electron chi connectivity index (χ3n) is 4.68. The Morgan fingerprint density at radius 1 is 1.30 bits per heavy atom. The molecule has 122 valence electrons. The van der Waals surface area contributed by atoms with Gasteiger partial charge in [0.05, 0.1) is 18.3 Å². The molecule has 4 nitrogen and oxygen atoms in total. The summed E-state index contributed by atoms with van der Waals surface area (Å²) < 4.78 is 27.5. The number of hydrogen-bond donors (Lipinski definition) is 1.